The normalized spacial score (nSPS) is 10.4. The number of hydrogen-bond acceptors (Lipinski definition) is 11. The molecule has 4 heterocycles. The molecule has 4 aromatic heterocycles. The minimum atomic E-state index is -1.40. The van der Waals surface area contributed by atoms with Gasteiger partial charge in [-0.05, 0) is 144 Å². The summed E-state index contributed by atoms with van der Waals surface area (Å²) in [6.07, 6.45) is 0. The molecule has 0 atom stereocenters. The van der Waals surface area contributed by atoms with Crippen LogP contribution in [0.3, 0.4) is 0 Å². The molecule has 0 aliphatic heterocycles. The fourth-order valence-corrected chi connectivity index (χ4v) is 8.76. The zero-order valence-electron chi connectivity index (χ0n) is 42.0. The van der Waals surface area contributed by atoms with Crippen LogP contribution < -0.4 is 160 Å². The average Bonchev–Trinajstić information content (AvgIpc) is 4.06. The van der Waals surface area contributed by atoms with E-state index in [0.29, 0.717) is 5.46 Å². The van der Waals surface area contributed by atoms with Crippen LogP contribution in [0, 0.1) is 51.0 Å². The van der Waals surface area contributed by atoms with Crippen molar-refractivity contribution in [2.75, 3.05) is 0 Å². The number of nitrogens with zero attached hydrogens (tertiary/aromatic N) is 2. The zero-order valence-corrected chi connectivity index (χ0v) is 55.7. The summed E-state index contributed by atoms with van der Waals surface area (Å²) in [6.45, 7) is 17.9. The Morgan fingerprint density at radius 2 is 1.10 bits per heavy atom. The predicted octanol–water partition coefficient (Wildman–Crippen LogP) is 3.03. The van der Waals surface area contributed by atoms with Crippen LogP contribution in [0.1, 0.15) is 56.2 Å². The van der Waals surface area contributed by atoms with E-state index in [2.05, 4.69) is 116 Å². The number of imidazole rings is 2. The Balaban J connectivity index is 0.000000269. The molecule has 6 N–H and O–H groups in total. The van der Waals surface area contributed by atoms with Gasteiger partial charge in [0.1, 0.15) is 11.5 Å². The number of carbonyl (C=O) groups is 1. The number of aryl methyl sites for hydroxylation is 6. The summed E-state index contributed by atoms with van der Waals surface area (Å²) in [5.41, 5.74) is 13.1. The third-order valence-corrected chi connectivity index (χ3v) is 11.6. The molecule has 19 heteroatoms. The van der Waals surface area contributed by atoms with Crippen molar-refractivity contribution < 1.29 is 173 Å². The van der Waals surface area contributed by atoms with Gasteiger partial charge in [-0.15, -0.1) is 0 Å². The number of aromatic amines is 4. The second-order valence-corrected chi connectivity index (χ2v) is 17.8. The van der Waals surface area contributed by atoms with Crippen molar-refractivity contribution in [3.8, 4) is 33.4 Å². The third kappa shape index (κ3) is 14.4. The molecule has 0 spiro atoms. The zero-order chi connectivity index (χ0) is 49.4. The van der Waals surface area contributed by atoms with Gasteiger partial charge in [0.25, 0.3) is 6.47 Å². The van der Waals surface area contributed by atoms with E-state index >= 15 is 0 Å². The number of benzene rings is 6. The Morgan fingerprint density at radius 1 is 0.657 bits per heavy atom. The molecule has 6 aromatic carbocycles. The van der Waals surface area contributed by atoms with E-state index in [4.69, 9.17) is 19.1 Å². The minimum absolute atomic E-state index is 0. The number of hydrogen-bond donors (Lipinski definition) is 6. The second kappa shape index (κ2) is 27.4. The molecule has 0 fully saturated rings. The molecule has 0 unspecified atom stereocenters. The number of H-pyrrole nitrogens is 4. The van der Waals surface area contributed by atoms with Gasteiger partial charge in [-0.3, -0.25) is 4.79 Å². The summed E-state index contributed by atoms with van der Waals surface area (Å²) in [5.74, 6) is 2.37. The largest absolute Gasteiger partial charge is 1.00 e. The number of rotatable bonds is 5. The molecule has 10 rings (SSSR count). The van der Waals surface area contributed by atoms with Crippen LogP contribution in [0.2, 0.25) is 0 Å². The van der Waals surface area contributed by atoms with Crippen LogP contribution in [0.5, 0.6) is 0 Å². The molecule has 0 amide bonds. The fraction of sp³-hybridized carbons (Fsp3) is 0.196. The van der Waals surface area contributed by atoms with Crippen LogP contribution in [0.15, 0.2) is 116 Å². The smallest absolute Gasteiger partial charge is 1.00 e. The van der Waals surface area contributed by atoms with Crippen molar-refractivity contribution in [1.82, 2.24) is 30.2 Å². The molecule has 0 saturated heterocycles. The second-order valence-electron chi connectivity index (χ2n) is 16.7. The van der Waals surface area contributed by atoms with Crippen LogP contribution >= 0.6 is 22.6 Å². The first-order valence-electron chi connectivity index (χ1n) is 21.5. The first kappa shape index (κ1) is 59.6. The van der Waals surface area contributed by atoms with E-state index in [-0.39, 0.29) is 157 Å². The van der Waals surface area contributed by atoms with Gasteiger partial charge in [-0.25, -0.2) is 9.59 Å². The van der Waals surface area contributed by atoms with Crippen LogP contribution in [-0.4, -0.2) is 53.9 Å². The molecular formula is C51H52BCs2IN6O9. The van der Waals surface area contributed by atoms with Crippen molar-refractivity contribution in [3.63, 3.8) is 0 Å². The van der Waals surface area contributed by atoms with Crippen molar-refractivity contribution in [3.05, 3.63) is 156 Å². The SMILES string of the molecule is CC(C)C.Cc1ccc2ccccc2c1-c1cc(-c2c(C)noc2C)cc2[nH]c(=O)[nH]c12.Cc1ccc2ccccc2c1B(O)O.Cc1noc(C)c1-c1cc(I)c2[nH]c(=O)[nH]c2c1.O=CO[O-].[Cs+].[Cs+].[H-]. The molecule has 0 saturated carbocycles. The summed E-state index contributed by atoms with van der Waals surface area (Å²) in [6, 6.07) is 32.2. The molecule has 10 aromatic rings. The number of carbonyl (C=O) groups excluding carboxylic acids is 1. The fourth-order valence-electron chi connectivity index (χ4n) is 8.00. The maximum Gasteiger partial charge on any atom is 1.00 e. The molecule has 352 valence electrons. The third-order valence-electron chi connectivity index (χ3n) is 10.7. The van der Waals surface area contributed by atoms with Crippen molar-refractivity contribution in [1.29, 1.82) is 0 Å². The number of nitrogens with one attached hydrogen (secondary N) is 4. The van der Waals surface area contributed by atoms with Gasteiger partial charge >= 0.3 is 156 Å². The average molecular weight is 1300 g/mol. The van der Waals surface area contributed by atoms with Crippen LogP contribution in [0.25, 0.3) is 77.0 Å². The number of halogens is 1. The quantitative estimate of drug-likeness (QED) is 0.0482. The molecule has 0 aliphatic rings. The number of aromatic nitrogens is 6. The molecule has 0 aliphatic carbocycles. The van der Waals surface area contributed by atoms with Gasteiger partial charge in [0.15, 0.2) is 0 Å². The summed E-state index contributed by atoms with van der Waals surface area (Å²) in [7, 11) is -1.40. The summed E-state index contributed by atoms with van der Waals surface area (Å²) in [4.78, 5) is 46.1. The molecule has 0 bridgehead atoms. The van der Waals surface area contributed by atoms with Crippen molar-refractivity contribution in [2.24, 2.45) is 5.92 Å². The van der Waals surface area contributed by atoms with Gasteiger partial charge in [-0.2, -0.15) is 0 Å². The molecular weight excluding hydrogens is 1240 g/mol. The van der Waals surface area contributed by atoms with E-state index in [0.717, 1.165) is 121 Å². The standard InChI is InChI=1S/C23H19N3O2.C12H10IN3O2.C11H11BO2.C4H10.CH2O3.2Cs.H/c1-12-8-9-15-6-4-5-7-17(15)20(12)18-10-16(21-13(2)26-28-14(21)3)11-19-22(18)25-23(27)24-19;1-5-10(6(2)18-16-5)7-3-8(13)11-9(4-7)14-12(17)15-11;1-8-6-7-9-4-2-3-5-10(9)11(8)12(13)14;1-4(2)3;2-1-4-3;;;/h4-11H,1-3H3,(H2,24,25,27);3-4H,1-2H3,(H2,14,15,17);2-7,13-14H,1H3;4H,1-3H3;1,3H;;;/q;;;;;2*+1;-1/p-1. The van der Waals surface area contributed by atoms with Crippen molar-refractivity contribution in [2.45, 2.75) is 62.3 Å². The maximum absolute atomic E-state index is 12.1. The van der Waals surface area contributed by atoms with Crippen LogP contribution in [0.4, 0.5) is 0 Å². The first-order chi connectivity index (χ1) is 32.4. The van der Waals surface area contributed by atoms with E-state index in [1.165, 1.54) is 0 Å². The first-order valence-corrected chi connectivity index (χ1v) is 22.6. The van der Waals surface area contributed by atoms with Gasteiger partial charge in [0, 0.05) is 20.3 Å². The Bertz CT molecular complexity index is 3470. The molecule has 15 nitrogen and oxygen atoms in total. The monoisotopic (exact) mass is 1300 g/mol. The topological polar surface area (TPSA) is 239 Å². The Kier molecular flexibility index (Phi) is 23.3. The summed E-state index contributed by atoms with van der Waals surface area (Å²) < 4.78 is 11.5. The Morgan fingerprint density at radius 3 is 1.59 bits per heavy atom. The maximum atomic E-state index is 12.1. The van der Waals surface area contributed by atoms with E-state index in [1.807, 2.05) is 101 Å². The Labute approximate surface area is 536 Å². The van der Waals surface area contributed by atoms with Crippen molar-refractivity contribution >= 4 is 85.3 Å². The van der Waals surface area contributed by atoms with Gasteiger partial charge in [0.2, 0.25) is 0 Å². The Hall–Kier alpha value is -2.95. The van der Waals surface area contributed by atoms with Crippen LogP contribution in [-0.2, 0) is 9.68 Å². The summed E-state index contributed by atoms with van der Waals surface area (Å²) >= 11 is 2.20. The molecule has 70 heavy (non-hydrogen) atoms. The van der Waals surface area contributed by atoms with E-state index in [9.17, 15) is 19.6 Å². The van der Waals surface area contributed by atoms with Gasteiger partial charge < -0.3 is 50.6 Å². The summed E-state index contributed by atoms with van der Waals surface area (Å²) in [5, 5.41) is 39.2. The molecule has 0 radical (unpaired) electrons. The van der Waals surface area contributed by atoms with Gasteiger partial charge in [-0.1, -0.05) is 109 Å². The van der Waals surface area contributed by atoms with Gasteiger partial charge in [0.05, 0.1) is 33.5 Å². The minimum Gasteiger partial charge on any atom is -1.00 e. The van der Waals surface area contributed by atoms with E-state index < -0.39 is 7.12 Å². The number of fused-ring (bicyclic) bond motifs is 4. The van der Waals surface area contributed by atoms with E-state index in [1.54, 1.807) is 0 Å². The predicted molar refractivity (Wildman–Crippen MR) is 275 cm³/mol.